The number of anilines is 1. The zero-order valence-electron chi connectivity index (χ0n) is 21.9. The van der Waals surface area contributed by atoms with Crippen molar-refractivity contribution in [2.24, 2.45) is 5.41 Å². The number of fused-ring (bicyclic) bond motifs is 1. The van der Waals surface area contributed by atoms with Crippen LogP contribution in [0.15, 0.2) is 41.6 Å². The lowest BCUT2D eigenvalue weighted by Gasteiger charge is -2.67. The van der Waals surface area contributed by atoms with Crippen molar-refractivity contribution in [2.45, 2.75) is 42.4 Å². The molecule has 1 heterocycles. The van der Waals surface area contributed by atoms with Crippen LogP contribution >= 0.6 is 0 Å². The molecule has 2 aromatic carbocycles. The van der Waals surface area contributed by atoms with Crippen LogP contribution in [0.1, 0.15) is 35.2 Å². The standard InChI is InChI=1S/C27H25F3N4O6S/c1-40-21-10-17(41(2,38)39)5-6-19(21)31-7-3-4-16-8-18(22-20(9-16)34(15-32-22)14-27(28,29)30)23(35)33-26-11-25(12-26,13-26)24(36)37/h5-6,8-10,15,31H,7,11-14H2,1-2H3,(H,33,35)(H,36,37). The summed E-state index contributed by atoms with van der Waals surface area (Å²) in [5.74, 6) is 4.51. The molecule has 3 aliphatic carbocycles. The highest BCUT2D eigenvalue weighted by Crippen LogP contribution is 2.67. The van der Waals surface area contributed by atoms with E-state index >= 15 is 0 Å². The van der Waals surface area contributed by atoms with Gasteiger partial charge in [0.1, 0.15) is 17.8 Å². The van der Waals surface area contributed by atoms with Gasteiger partial charge in [0.15, 0.2) is 9.84 Å². The number of hydrogen-bond donors (Lipinski definition) is 3. The Kier molecular flexibility index (Phi) is 6.68. The zero-order valence-corrected chi connectivity index (χ0v) is 22.7. The van der Waals surface area contributed by atoms with Crippen LogP contribution in [-0.4, -0.2) is 66.6 Å². The molecule has 2 bridgehead atoms. The summed E-state index contributed by atoms with van der Waals surface area (Å²) < 4.78 is 69.3. The Labute approximate surface area is 232 Å². The lowest BCUT2D eigenvalue weighted by molar-refractivity contribution is -0.196. The predicted octanol–water partition coefficient (Wildman–Crippen LogP) is 3.21. The maximum Gasteiger partial charge on any atom is 0.406 e. The van der Waals surface area contributed by atoms with E-state index in [0.717, 1.165) is 17.2 Å². The van der Waals surface area contributed by atoms with E-state index in [0.29, 0.717) is 24.9 Å². The Morgan fingerprint density at radius 3 is 2.51 bits per heavy atom. The number of carbonyl (C=O) groups excluding carboxylic acids is 1. The van der Waals surface area contributed by atoms with Crippen LogP contribution in [0.3, 0.4) is 0 Å². The van der Waals surface area contributed by atoms with E-state index in [2.05, 4.69) is 27.5 Å². The molecule has 0 unspecified atom stereocenters. The summed E-state index contributed by atoms with van der Waals surface area (Å²) in [6.45, 7) is -1.24. The average molecular weight is 591 g/mol. The van der Waals surface area contributed by atoms with Gasteiger partial charge >= 0.3 is 12.1 Å². The quantitative estimate of drug-likeness (QED) is 0.340. The van der Waals surface area contributed by atoms with Crippen molar-refractivity contribution in [2.75, 3.05) is 25.2 Å². The van der Waals surface area contributed by atoms with Gasteiger partial charge in [-0.3, -0.25) is 9.59 Å². The number of nitrogens with zero attached hydrogens (tertiary/aromatic N) is 2. The minimum Gasteiger partial charge on any atom is -0.495 e. The Balaban J connectivity index is 1.40. The summed E-state index contributed by atoms with van der Waals surface area (Å²) in [6, 6.07) is 7.17. The summed E-state index contributed by atoms with van der Waals surface area (Å²) in [5, 5.41) is 15.2. The number of imidazole rings is 1. The highest BCUT2D eigenvalue weighted by Gasteiger charge is 2.72. The molecule has 0 atom stereocenters. The van der Waals surface area contributed by atoms with Crippen molar-refractivity contribution in [3.63, 3.8) is 0 Å². The number of methoxy groups -OCH3 is 1. The van der Waals surface area contributed by atoms with E-state index in [-0.39, 0.29) is 39.4 Å². The van der Waals surface area contributed by atoms with Gasteiger partial charge in [-0.2, -0.15) is 13.2 Å². The van der Waals surface area contributed by atoms with Crippen LogP contribution in [0.4, 0.5) is 18.9 Å². The van der Waals surface area contributed by atoms with Gasteiger partial charge in [-0.05, 0) is 43.5 Å². The van der Waals surface area contributed by atoms with Gasteiger partial charge in [-0.25, -0.2) is 13.4 Å². The van der Waals surface area contributed by atoms with E-state index < -0.39 is 45.4 Å². The number of aliphatic carboxylic acids is 1. The summed E-state index contributed by atoms with van der Waals surface area (Å²) in [4.78, 5) is 28.8. The van der Waals surface area contributed by atoms with Gasteiger partial charge in [0.2, 0.25) is 0 Å². The molecule has 3 aliphatic rings. The highest BCUT2D eigenvalue weighted by atomic mass is 32.2. The summed E-state index contributed by atoms with van der Waals surface area (Å²) in [6.07, 6.45) is -1.54. The SMILES string of the molecule is COc1cc(S(C)(=O)=O)ccc1NCC#Cc1cc(C(=O)NC23CC(C(=O)O)(C2)C3)c2ncn(CC(F)(F)F)c2c1. The van der Waals surface area contributed by atoms with E-state index in [4.69, 9.17) is 4.74 Å². The van der Waals surface area contributed by atoms with Gasteiger partial charge in [0.05, 0.1) is 47.1 Å². The lowest BCUT2D eigenvalue weighted by atomic mass is 9.39. The molecule has 3 saturated carbocycles. The molecule has 0 saturated heterocycles. The molecule has 3 aromatic rings. The number of sulfone groups is 1. The number of hydrogen-bond acceptors (Lipinski definition) is 7. The van der Waals surface area contributed by atoms with Gasteiger partial charge in [0, 0.05) is 23.4 Å². The van der Waals surface area contributed by atoms with E-state index in [1.807, 2.05) is 0 Å². The number of benzene rings is 2. The molecule has 6 rings (SSSR count). The molecular weight excluding hydrogens is 565 g/mol. The van der Waals surface area contributed by atoms with Gasteiger partial charge in [-0.15, -0.1) is 0 Å². The van der Waals surface area contributed by atoms with Crippen LogP contribution < -0.4 is 15.4 Å². The smallest absolute Gasteiger partial charge is 0.406 e. The first-order chi connectivity index (χ1) is 19.1. The number of aromatic nitrogens is 2. The second-order valence-electron chi connectivity index (χ2n) is 10.5. The lowest BCUT2D eigenvalue weighted by Crippen LogP contribution is -2.77. The molecule has 3 fully saturated rings. The molecule has 216 valence electrons. The predicted molar refractivity (Wildman–Crippen MR) is 141 cm³/mol. The molecule has 0 radical (unpaired) electrons. The molecule has 10 nitrogen and oxygen atoms in total. The fourth-order valence-electron chi connectivity index (χ4n) is 5.52. The zero-order chi connectivity index (χ0) is 29.8. The summed E-state index contributed by atoms with van der Waals surface area (Å²) in [7, 11) is -2.05. The highest BCUT2D eigenvalue weighted by molar-refractivity contribution is 7.90. The van der Waals surface area contributed by atoms with Gasteiger partial charge < -0.3 is 25.0 Å². The minimum absolute atomic E-state index is 0.0350. The van der Waals surface area contributed by atoms with E-state index in [1.54, 1.807) is 0 Å². The van der Waals surface area contributed by atoms with Crippen molar-refractivity contribution in [1.82, 2.24) is 14.9 Å². The second-order valence-corrected chi connectivity index (χ2v) is 12.5. The summed E-state index contributed by atoms with van der Waals surface area (Å²) >= 11 is 0. The Morgan fingerprint density at radius 1 is 1.20 bits per heavy atom. The molecule has 41 heavy (non-hydrogen) atoms. The first kappa shape index (κ1) is 28.3. The fraction of sp³-hybridized carbons (Fsp3) is 0.370. The molecule has 1 amide bonds. The van der Waals surface area contributed by atoms with E-state index in [9.17, 15) is 36.3 Å². The van der Waals surface area contributed by atoms with Crippen LogP contribution in [0.2, 0.25) is 0 Å². The number of nitrogens with one attached hydrogen (secondary N) is 2. The first-order valence-corrected chi connectivity index (χ1v) is 14.3. The van der Waals surface area contributed by atoms with Crippen LogP contribution in [-0.2, 0) is 21.2 Å². The number of carboxylic acids is 1. The average Bonchev–Trinajstić information content (AvgIpc) is 3.22. The largest absolute Gasteiger partial charge is 0.495 e. The second kappa shape index (κ2) is 9.69. The van der Waals surface area contributed by atoms with Crippen LogP contribution in [0, 0.1) is 17.3 Å². The van der Waals surface area contributed by atoms with E-state index in [1.165, 1.54) is 37.4 Å². The topological polar surface area (TPSA) is 140 Å². The summed E-state index contributed by atoms with van der Waals surface area (Å²) in [5.41, 5.74) is -0.528. The Bertz CT molecular complexity index is 1730. The number of rotatable bonds is 8. The molecule has 3 N–H and O–H groups in total. The fourth-order valence-corrected chi connectivity index (χ4v) is 6.15. The van der Waals surface area contributed by atoms with Crippen molar-refractivity contribution in [1.29, 1.82) is 0 Å². The monoisotopic (exact) mass is 590 g/mol. The van der Waals surface area contributed by atoms with Crippen molar-refractivity contribution in [3.05, 3.63) is 47.8 Å². The maximum absolute atomic E-state index is 13.2. The van der Waals surface area contributed by atoms with Gasteiger partial charge in [0.25, 0.3) is 5.91 Å². The normalized spacial score (nSPS) is 21.2. The first-order valence-electron chi connectivity index (χ1n) is 12.4. The van der Waals surface area contributed by atoms with Crippen molar-refractivity contribution in [3.8, 4) is 17.6 Å². The Morgan fingerprint density at radius 2 is 1.90 bits per heavy atom. The minimum atomic E-state index is -4.52. The molecule has 0 aliphatic heterocycles. The number of carboxylic acid groups (broad SMARTS) is 1. The molecule has 14 heteroatoms. The van der Waals surface area contributed by atoms with Crippen LogP contribution in [0.25, 0.3) is 11.0 Å². The number of ether oxygens (including phenoxy) is 1. The molecular formula is C27H25F3N4O6S. The van der Waals surface area contributed by atoms with Gasteiger partial charge in [-0.1, -0.05) is 11.8 Å². The van der Waals surface area contributed by atoms with Crippen molar-refractivity contribution < 1.29 is 41.0 Å². The number of amides is 1. The number of halogens is 3. The third kappa shape index (κ3) is 5.41. The Hall–Kier alpha value is -4.25. The molecule has 1 aromatic heterocycles. The van der Waals surface area contributed by atoms with Crippen molar-refractivity contribution >= 4 is 38.4 Å². The molecule has 0 spiro atoms. The number of alkyl halides is 3. The number of carbonyl (C=O) groups is 2. The maximum atomic E-state index is 13.2. The third-order valence-electron chi connectivity index (χ3n) is 7.38. The third-order valence-corrected chi connectivity index (χ3v) is 8.49. The van der Waals surface area contributed by atoms with Crippen LogP contribution in [0.5, 0.6) is 5.75 Å².